The number of aromatic nitrogens is 1. The molecule has 7 heteroatoms. The summed E-state index contributed by atoms with van der Waals surface area (Å²) >= 11 is 6.69. The van der Waals surface area contributed by atoms with E-state index in [0.717, 1.165) is 11.9 Å². The molecule has 4 rings (SSSR count). The van der Waals surface area contributed by atoms with Crippen LogP contribution in [0.2, 0.25) is 0 Å². The maximum absolute atomic E-state index is 12.3. The first-order chi connectivity index (χ1) is 11.2. The van der Waals surface area contributed by atoms with Crippen molar-refractivity contribution in [3.05, 3.63) is 50.5 Å². The second kappa shape index (κ2) is 5.92. The van der Waals surface area contributed by atoms with Gasteiger partial charge in [-0.25, -0.2) is 0 Å². The summed E-state index contributed by atoms with van der Waals surface area (Å²) in [7, 11) is 0. The number of carbonyl (C=O) groups is 1. The van der Waals surface area contributed by atoms with Crippen LogP contribution in [-0.2, 0) is 11.2 Å². The molecule has 1 unspecified atom stereocenters. The molecule has 23 heavy (non-hydrogen) atoms. The van der Waals surface area contributed by atoms with Crippen LogP contribution in [0.25, 0.3) is 11.1 Å². The number of nitrogens with one attached hydrogen (secondary N) is 2. The molecule has 3 heterocycles. The molecule has 0 aliphatic carbocycles. The molecule has 1 aliphatic rings. The highest BCUT2D eigenvalue weighted by molar-refractivity contribution is 7.71. The lowest BCUT2D eigenvalue weighted by Gasteiger charge is -2.23. The number of rotatable bonds is 3. The molecule has 5 nitrogen and oxygen atoms in total. The van der Waals surface area contributed by atoms with E-state index in [1.165, 1.54) is 10.4 Å². The third-order valence-corrected chi connectivity index (χ3v) is 5.09. The van der Waals surface area contributed by atoms with Crippen molar-refractivity contribution in [2.45, 2.75) is 12.5 Å². The van der Waals surface area contributed by atoms with Crippen LogP contribution >= 0.6 is 23.6 Å². The van der Waals surface area contributed by atoms with Gasteiger partial charge in [0.15, 0.2) is 5.58 Å². The van der Waals surface area contributed by atoms with Gasteiger partial charge in [0.2, 0.25) is 0 Å². The van der Waals surface area contributed by atoms with Crippen molar-refractivity contribution in [2.75, 3.05) is 13.2 Å². The molecule has 1 aliphatic heterocycles. The van der Waals surface area contributed by atoms with Gasteiger partial charge in [-0.1, -0.05) is 0 Å². The Morgan fingerprint density at radius 2 is 2.35 bits per heavy atom. The summed E-state index contributed by atoms with van der Waals surface area (Å²) in [5.74, 6) is -0.153. The molecule has 118 valence electrons. The molecule has 1 atom stereocenters. The van der Waals surface area contributed by atoms with Gasteiger partial charge in [0.05, 0.1) is 12.1 Å². The maximum atomic E-state index is 12.3. The van der Waals surface area contributed by atoms with E-state index in [1.54, 1.807) is 29.5 Å². The fraction of sp³-hybridized carbons (Fsp3) is 0.250. The number of fused-ring (bicyclic) bond motifs is 2. The minimum absolute atomic E-state index is 0.0751. The van der Waals surface area contributed by atoms with Crippen LogP contribution in [0.3, 0.4) is 0 Å². The molecule has 0 bridgehead atoms. The Hall–Kier alpha value is -1.96. The summed E-state index contributed by atoms with van der Waals surface area (Å²) in [6, 6.07) is 7.30. The number of thiophene rings is 1. The van der Waals surface area contributed by atoms with Gasteiger partial charge in [-0.3, -0.25) is 4.79 Å². The number of ether oxygens (including phenoxy) is 1. The average molecular weight is 346 g/mol. The molecule has 1 amide bonds. The lowest BCUT2D eigenvalue weighted by atomic mass is 10.1. The predicted molar refractivity (Wildman–Crippen MR) is 90.4 cm³/mol. The number of aromatic amines is 1. The third kappa shape index (κ3) is 2.83. The van der Waals surface area contributed by atoms with Crippen molar-refractivity contribution in [3.8, 4) is 0 Å². The standard InChI is InChI=1S/C16H14N2O3S2/c19-15(9-1-2-11-12(7-9)21-16(22)18-11)17-8-13-10-4-6-23-14(10)3-5-20-13/h1-2,4,6-7,13H,3,5,8H2,(H,17,19)(H,18,22). The summed E-state index contributed by atoms with van der Waals surface area (Å²) in [4.78, 5) is 16.9. The molecule has 0 radical (unpaired) electrons. The van der Waals surface area contributed by atoms with Crippen molar-refractivity contribution >= 4 is 40.6 Å². The molecule has 3 aromatic rings. The number of amides is 1. The van der Waals surface area contributed by atoms with Crippen LogP contribution < -0.4 is 5.32 Å². The van der Waals surface area contributed by atoms with Crippen molar-refractivity contribution in [3.63, 3.8) is 0 Å². The number of hydrogen-bond donors (Lipinski definition) is 2. The van der Waals surface area contributed by atoms with Gasteiger partial charge in [-0.05, 0) is 47.4 Å². The molecular weight excluding hydrogens is 332 g/mol. The van der Waals surface area contributed by atoms with Gasteiger partial charge >= 0.3 is 0 Å². The molecular formula is C16H14N2O3S2. The van der Waals surface area contributed by atoms with Crippen molar-refractivity contribution in [2.24, 2.45) is 0 Å². The first-order valence-electron chi connectivity index (χ1n) is 7.29. The number of carbonyl (C=O) groups excluding carboxylic acids is 1. The minimum atomic E-state index is -0.153. The molecule has 1 aromatic carbocycles. The highest BCUT2D eigenvalue weighted by Crippen LogP contribution is 2.30. The Bertz CT molecular complexity index is 925. The van der Waals surface area contributed by atoms with E-state index in [1.807, 2.05) is 0 Å². The summed E-state index contributed by atoms with van der Waals surface area (Å²) in [5, 5.41) is 5.00. The van der Waals surface area contributed by atoms with Crippen LogP contribution in [0.5, 0.6) is 0 Å². The van der Waals surface area contributed by atoms with E-state index in [-0.39, 0.29) is 12.0 Å². The van der Waals surface area contributed by atoms with Gasteiger partial charge in [0.25, 0.3) is 10.7 Å². The zero-order valence-corrected chi connectivity index (χ0v) is 13.8. The predicted octanol–water partition coefficient (Wildman–Crippen LogP) is 3.60. The van der Waals surface area contributed by atoms with Gasteiger partial charge in [0, 0.05) is 23.4 Å². The normalized spacial score (nSPS) is 17.1. The van der Waals surface area contributed by atoms with E-state index in [2.05, 4.69) is 21.7 Å². The molecule has 2 N–H and O–H groups in total. The SMILES string of the molecule is O=C(NCC1OCCc2sccc21)c1ccc2[nH]c(=S)oc2c1. The van der Waals surface area contributed by atoms with Crippen LogP contribution in [0, 0.1) is 4.84 Å². The smallest absolute Gasteiger partial charge is 0.266 e. The summed E-state index contributed by atoms with van der Waals surface area (Å²) in [6.45, 7) is 1.15. The Balaban J connectivity index is 1.48. The summed E-state index contributed by atoms with van der Waals surface area (Å²) in [6.07, 6.45) is 0.876. The fourth-order valence-corrected chi connectivity index (χ4v) is 3.88. The Kier molecular flexibility index (Phi) is 3.76. The highest BCUT2D eigenvalue weighted by Gasteiger charge is 2.22. The Morgan fingerprint density at radius 1 is 1.43 bits per heavy atom. The highest BCUT2D eigenvalue weighted by atomic mass is 32.1. The average Bonchev–Trinajstić information content (AvgIpc) is 3.16. The monoisotopic (exact) mass is 346 g/mol. The topological polar surface area (TPSA) is 67.3 Å². The van der Waals surface area contributed by atoms with E-state index in [9.17, 15) is 4.79 Å². The Labute approximate surface area is 141 Å². The maximum Gasteiger partial charge on any atom is 0.266 e. The number of H-pyrrole nitrogens is 1. The van der Waals surface area contributed by atoms with Crippen LogP contribution in [-0.4, -0.2) is 24.0 Å². The van der Waals surface area contributed by atoms with Crippen LogP contribution in [0.4, 0.5) is 0 Å². The second-order valence-electron chi connectivity index (χ2n) is 5.34. The number of hydrogen-bond acceptors (Lipinski definition) is 5. The minimum Gasteiger partial charge on any atom is -0.429 e. The van der Waals surface area contributed by atoms with Crippen LogP contribution in [0.1, 0.15) is 26.9 Å². The van der Waals surface area contributed by atoms with Gasteiger partial charge in [-0.15, -0.1) is 11.3 Å². The zero-order chi connectivity index (χ0) is 15.8. The van der Waals surface area contributed by atoms with Gasteiger partial charge < -0.3 is 19.5 Å². The largest absolute Gasteiger partial charge is 0.429 e. The van der Waals surface area contributed by atoms with E-state index in [0.29, 0.717) is 29.1 Å². The van der Waals surface area contributed by atoms with Crippen molar-refractivity contribution in [1.29, 1.82) is 0 Å². The van der Waals surface area contributed by atoms with Gasteiger partial charge in [0.1, 0.15) is 6.10 Å². The van der Waals surface area contributed by atoms with E-state index >= 15 is 0 Å². The number of benzene rings is 1. The zero-order valence-electron chi connectivity index (χ0n) is 12.1. The van der Waals surface area contributed by atoms with Crippen molar-refractivity contribution in [1.82, 2.24) is 10.3 Å². The summed E-state index contributed by atoms with van der Waals surface area (Å²) < 4.78 is 11.1. The molecule has 0 saturated heterocycles. The van der Waals surface area contributed by atoms with Crippen molar-refractivity contribution < 1.29 is 13.9 Å². The fourth-order valence-electron chi connectivity index (χ4n) is 2.77. The second-order valence-corrected chi connectivity index (χ2v) is 6.72. The first-order valence-corrected chi connectivity index (χ1v) is 8.58. The lowest BCUT2D eigenvalue weighted by molar-refractivity contribution is 0.0423. The van der Waals surface area contributed by atoms with E-state index < -0.39 is 0 Å². The molecule has 2 aromatic heterocycles. The molecule has 0 saturated carbocycles. The quantitative estimate of drug-likeness (QED) is 0.711. The molecule has 0 spiro atoms. The molecule has 0 fully saturated rings. The Morgan fingerprint density at radius 3 is 3.26 bits per heavy atom. The summed E-state index contributed by atoms with van der Waals surface area (Å²) in [5.41, 5.74) is 3.09. The van der Waals surface area contributed by atoms with Crippen LogP contribution in [0.15, 0.2) is 34.1 Å². The third-order valence-electron chi connectivity index (χ3n) is 3.91. The van der Waals surface area contributed by atoms with Gasteiger partial charge in [-0.2, -0.15) is 0 Å². The van der Waals surface area contributed by atoms with E-state index in [4.69, 9.17) is 21.4 Å². The number of oxazole rings is 1. The first kappa shape index (κ1) is 14.6. The lowest BCUT2D eigenvalue weighted by Crippen LogP contribution is -2.31.